The second-order valence-corrected chi connectivity index (χ2v) is 5.82. The predicted octanol–water partition coefficient (Wildman–Crippen LogP) is 1.67. The van der Waals surface area contributed by atoms with Crippen LogP contribution in [0.15, 0.2) is 16.5 Å². The molecule has 2 aliphatic rings. The molecule has 19 heavy (non-hydrogen) atoms. The summed E-state index contributed by atoms with van der Waals surface area (Å²) in [6.07, 6.45) is 4.17. The Hall–Kier alpha value is -0.840. The fraction of sp³-hybridized carbons (Fsp3) is 0.733. The number of nitrogens with zero attached hydrogens (tertiary/aromatic N) is 2. The van der Waals surface area contributed by atoms with Crippen molar-refractivity contribution in [3.05, 3.63) is 23.7 Å². The lowest BCUT2D eigenvalue weighted by Gasteiger charge is -2.43. The summed E-state index contributed by atoms with van der Waals surface area (Å²) in [6, 6.07) is 5.00. The second kappa shape index (κ2) is 6.07. The monoisotopic (exact) mass is 263 g/mol. The number of rotatable bonds is 4. The Morgan fingerprint density at radius 3 is 3.00 bits per heavy atom. The van der Waals surface area contributed by atoms with Crippen molar-refractivity contribution in [1.29, 1.82) is 0 Å². The lowest BCUT2D eigenvalue weighted by atomic mass is 9.99. The predicted molar refractivity (Wildman–Crippen MR) is 76.0 cm³/mol. The minimum Gasteiger partial charge on any atom is -0.463 e. The van der Waals surface area contributed by atoms with Gasteiger partial charge in [0.2, 0.25) is 0 Å². The van der Waals surface area contributed by atoms with Gasteiger partial charge in [-0.05, 0) is 38.6 Å². The van der Waals surface area contributed by atoms with Crippen LogP contribution in [0.3, 0.4) is 0 Å². The number of piperidine rings is 1. The number of piperazine rings is 1. The molecule has 1 atom stereocenters. The molecule has 4 heteroatoms. The Balaban J connectivity index is 1.54. The summed E-state index contributed by atoms with van der Waals surface area (Å²) in [5, 5.41) is 3.12. The van der Waals surface area contributed by atoms with Gasteiger partial charge < -0.3 is 9.73 Å². The molecule has 0 aliphatic carbocycles. The van der Waals surface area contributed by atoms with Gasteiger partial charge in [-0.15, -0.1) is 0 Å². The zero-order chi connectivity index (χ0) is 13.1. The number of hydrogen-bond acceptors (Lipinski definition) is 4. The van der Waals surface area contributed by atoms with Gasteiger partial charge in [0.1, 0.15) is 11.5 Å². The van der Waals surface area contributed by atoms with Gasteiger partial charge in [-0.25, -0.2) is 0 Å². The molecule has 1 aromatic rings. The quantitative estimate of drug-likeness (QED) is 0.895. The van der Waals surface area contributed by atoms with Crippen molar-refractivity contribution in [1.82, 2.24) is 15.1 Å². The summed E-state index contributed by atoms with van der Waals surface area (Å²) < 4.78 is 5.85. The van der Waals surface area contributed by atoms with E-state index >= 15 is 0 Å². The van der Waals surface area contributed by atoms with Gasteiger partial charge in [0.05, 0.1) is 13.1 Å². The zero-order valence-electron chi connectivity index (χ0n) is 11.9. The molecule has 1 unspecified atom stereocenters. The van der Waals surface area contributed by atoms with Gasteiger partial charge in [0.25, 0.3) is 0 Å². The number of nitrogens with one attached hydrogen (secondary N) is 1. The average Bonchev–Trinajstić information content (AvgIpc) is 2.86. The second-order valence-electron chi connectivity index (χ2n) is 5.82. The molecule has 0 saturated carbocycles. The van der Waals surface area contributed by atoms with Crippen LogP contribution in [0.1, 0.15) is 30.8 Å². The van der Waals surface area contributed by atoms with Crippen molar-refractivity contribution in [2.75, 3.05) is 33.2 Å². The van der Waals surface area contributed by atoms with Crippen molar-refractivity contribution in [3.63, 3.8) is 0 Å². The highest BCUT2D eigenvalue weighted by Crippen LogP contribution is 2.22. The molecular weight excluding hydrogens is 238 g/mol. The molecule has 2 saturated heterocycles. The van der Waals surface area contributed by atoms with E-state index in [-0.39, 0.29) is 0 Å². The van der Waals surface area contributed by atoms with E-state index in [0.29, 0.717) is 0 Å². The highest BCUT2D eigenvalue weighted by atomic mass is 16.3. The van der Waals surface area contributed by atoms with Gasteiger partial charge in [-0.1, -0.05) is 6.42 Å². The van der Waals surface area contributed by atoms with Crippen molar-refractivity contribution >= 4 is 0 Å². The van der Waals surface area contributed by atoms with Crippen LogP contribution in [0.25, 0.3) is 0 Å². The standard InChI is InChI=1S/C15H25N3O/c1-16-10-14-5-6-15(19-14)12-17-8-9-18-7-3-2-4-13(18)11-17/h5-6,13,16H,2-4,7-12H2,1H3. The Morgan fingerprint density at radius 2 is 2.11 bits per heavy atom. The number of furan rings is 1. The van der Waals surface area contributed by atoms with Gasteiger partial charge >= 0.3 is 0 Å². The van der Waals surface area contributed by atoms with Crippen LogP contribution in [0.4, 0.5) is 0 Å². The van der Waals surface area contributed by atoms with Crippen molar-refractivity contribution in [2.24, 2.45) is 0 Å². The third-order valence-electron chi connectivity index (χ3n) is 4.37. The molecule has 1 aromatic heterocycles. The van der Waals surface area contributed by atoms with Crippen molar-refractivity contribution < 1.29 is 4.42 Å². The van der Waals surface area contributed by atoms with Crippen LogP contribution in [-0.4, -0.2) is 49.1 Å². The molecule has 4 nitrogen and oxygen atoms in total. The Morgan fingerprint density at radius 1 is 1.21 bits per heavy atom. The van der Waals surface area contributed by atoms with Crippen LogP contribution in [-0.2, 0) is 13.1 Å². The molecule has 106 valence electrons. The van der Waals surface area contributed by atoms with Crippen LogP contribution in [0.5, 0.6) is 0 Å². The lowest BCUT2D eigenvalue weighted by Crippen LogP contribution is -2.54. The van der Waals surface area contributed by atoms with Crippen molar-refractivity contribution in [2.45, 2.75) is 38.4 Å². The van der Waals surface area contributed by atoms with E-state index in [2.05, 4.69) is 27.2 Å². The first kappa shape index (κ1) is 13.2. The molecule has 2 aliphatic heterocycles. The average molecular weight is 263 g/mol. The maximum Gasteiger partial charge on any atom is 0.118 e. The molecule has 3 heterocycles. The molecule has 0 spiro atoms. The van der Waals surface area contributed by atoms with Crippen molar-refractivity contribution in [3.8, 4) is 0 Å². The van der Waals surface area contributed by atoms with E-state index in [0.717, 1.165) is 30.7 Å². The van der Waals surface area contributed by atoms with Crippen LogP contribution >= 0.6 is 0 Å². The van der Waals surface area contributed by atoms with Gasteiger partial charge in [0, 0.05) is 25.7 Å². The molecule has 0 aromatic carbocycles. The number of hydrogen-bond donors (Lipinski definition) is 1. The van der Waals surface area contributed by atoms with Gasteiger partial charge in [0.15, 0.2) is 0 Å². The summed E-state index contributed by atoms with van der Waals surface area (Å²) in [7, 11) is 1.95. The number of fused-ring (bicyclic) bond motifs is 1. The summed E-state index contributed by atoms with van der Waals surface area (Å²) >= 11 is 0. The molecule has 2 fully saturated rings. The first-order valence-electron chi connectivity index (χ1n) is 7.54. The molecule has 3 rings (SSSR count). The van der Waals surface area contributed by atoms with E-state index in [1.54, 1.807) is 0 Å². The smallest absolute Gasteiger partial charge is 0.118 e. The third-order valence-corrected chi connectivity index (χ3v) is 4.37. The topological polar surface area (TPSA) is 31.6 Å². The molecular formula is C15H25N3O. The summed E-state index contributed by atoms with van der Waals surface area (Å²) in [5.41, 5.74) is 0. The summed E-state index contributed by atoms with van der Waals surface area (Å²) in [4.78, 5) is 5.23. The zero-order valence-corrected chi connectivity index (χ0v) is 11.9. The minimum absolute atomic E-state index is 0.786. The fourth-order valence-electron chi connectivity index (χ4n) is 3.36. The van der Waals surface area contributed by atoms with Crippen LogP contribution in [0.2, 0.25) is 0 Å². The maximum atomic E-state index is 5.85. The largest absolute Gasteiger partial charge is 0.463 e. The lowest BCUT2D eigenvalue weighted by molar-refractivity contribution is 0.0424. The van der Waals surface area contributed by atoms with Crippen LogP contribution < -0.4 is 5.32 Å². The van der Waals surface area contributed by atoms with E-state index < -0.39 is 0 Å². The molecule has 0 amide bonds. The maximum absolute atomic E-state index is 5.85. The Labute approximate surface area is 115 Å². The van der Waals surface area contributed by atoms with E-state index in [1.807, 2.05) is 7.05 Å². The summed E-state index contributed by atoms with van der Waals surface area (Å²) in [6.45, 7) is 6.71. The van der Waals surface area contributed by atoms with E-state index in [9.17, 15) is 0 Å². The first-order chi connectivity index (χ1) is 9.35. The van der Waals surface area contributed by atoms with Crippen LogP contribution in [0, 0.1) is 0 Å². The fourth-order valence-corrected chi connectivity index (χ4v) is 3.36. The first-order valence-corrected chi connectivity index (χ1v) is 7.54. The third kappa shape index (κ3) is 3.19. The highest BCUT2D eigenvalue weighted by Gasteiger charge is 2.28. The SMILES string of the molecule is CNCc1ccc(CN2CCN3CCCCC3C2)o1. The molecule has 1 N–H and O–H groups in total. The van der Waals surface area contributed by atoms with E-state index in [4.69, 9.17) is 4.42 Å². The summed E-state index contributed by atoms with van der Waals surface area (Å²) in [5.74, 6) is 2.14. The Bertz CT molecular complexity index is 404. The van der Waals surface area contributed by atoms with E-state index in [1.165, 1.54) is 45.4 Å². The van der Waals surface area contributed by atoms with Gasteiger partial charge in [-0.2, -0.15) is 0 Å². The Kier molecular flexibility index (Phi) is 4.21. The van der Waals surface area contributed by atoms with Gasteiger partial charge in [-0.3, -0.25) is 9.80 Å². The minimum atomic E-state index is 0.786. The molecule has 0 radical (unpaired) electrons. The normalized spacial score (nSPS) is 25.4. The highest BCUT2D eigenvalue weighted by molar-refractivity contribution is 5.07. The molecule has 0 bridgehead atoms.